The minimum absolute atomic E-state index is 0.253. The number of likely N-dealkylation sites (tertiary alicyclic amines) is 1. The number of esters is 1. The summed E-state index contributed by atoms with van der Waals surface area (Å²) >= 11 is 0. The standard InChI is InChI=1S/C23H28N2O5/c1-24(2)15-19-16-25(22(27)28)13-12-23(19,18-10-7-11-20(14-18)29-3)30-21(26)17-8-5-4-6-9-17/h4-11,14,19H,12-13,15-16H2,1-3H3,(H,27,28)/t19-,23-/m1/s1. The topological polar surface area (TPSA) is 79.3 Å². The van der Waals surface area contributed by atoms with Crippen LogP contribution in [-0.2, 0) is 10.3 Å². The van der Waals surface area contributed by atoms with E-state index in [-0.39, 0.29) is 19.0 Å². The van der Waals surface area contributed by atoms with Crippen LogP contribution in [0.4, 0.5) is 4.79 Å². The number of rotatable bonds is 6. The first-order valence-corrected chi connectivity index (χ1v) is 9.91. The Hall–Kier alpha value is -3.06. The fraction of sp³-hybridized carbons (Fsp3) is 0.391. The van der Waals surface area contributed by atoms with Gasteiger partial charge in [0.05, 0.1) is 12.7 Å². The van der Waals surface area contributed by atoms with Gasteiger partial charge in [0.15, 0.2) is 0 Å². The highest BCUT2D eigenvalue weighted by atomic mass is 16.6. The molecular weight excluding hydrogens is 384 g/mol. The number of carbonyl (C=O) groups excluding carboxylic acids is 1. The molecule has 2 aromatic carbocycles. The van der Waals surface area contributed by atoms with Gasteiger partial charge in [-0.1, -0.05) is 30.3 Å². The van der Waals surface area contributed by atoms with Crippen molar-refractivity contribution in [3.63, 3.8) is 0 Å². The second-order valence-corrected chi connectivity index (χ2v) is 7.81. The summed E-state index contributed by atoms with van der Waals surface area (Å²) in [6, 6.07) is 16.3. The first-order valence-electron chi connectivity index (χ1n) is 9.91. The predicted molar refractivity (Wildman–Crippen MR) is 113 cm³/mol. The lowest BCUT2D eigenvalue weighted by Gasteiger charge is -2.47. The van der Waals surface area contributed by atoms with Crippen molar-refractivity contribution in [3.8, 4) is 5.75 Å². The maximum atomic E-state index is 13.1. The molecule has 1 heterocycles. The monoisotopic (exact) mass is 412 g/mol. The first-order chi connectivity index (χ1) is 14.4. The fourth-order valence-corrected chi connectivity index (χ4v) is 4.09. The summed E-state index contributed by atoms with van der Waals surface area (Å²) < 4.78 is 11.7. The molecule has 0 radical (unpaired) electrons. The number of hydrogen-bond acceptors (Lipinski definition) is 5. The highest BCUT2D eigenvalue weighted by Crippen LogP contribution is 2.43. The van der Waals surface area contributed by atoms with Gasteiger partial charge < -0.3 is 24.4 Å². The molecule has 1 amide bonds. The summed E-state index contributed by atoms with van der Waals surface area (Å²) in [6.07, 6.45) is -0.601. The highest BCUT2D eigenvalue weighted by Gasteiger charge is 2.49. The van der Waals surface area contributed by atoms with Crippen LogP contribution in [0.5, 0.6) is 5.75 Å². The van der Waals surface area contributed by atoms with Crippen LogP contribution in [-0.4, -0.2) is 67.8 Å². The summed E-state index contributed by atoms with van der Waals surface area (Å²) in [5.74, 6) is -0.0185. The largest absolute Gasteiger partial charge is 0.497 e. The summed E-state index contributed by atoms with van der Waals surface area (Å²) in [4.78, 5) is 28.1. The molecular formula is C23H28N2O5. The minimum Gasteiger partial charge on any atom is -0.497 e. The normalized spacial score (nSPS) is 21.3. The van der Waals surface area contributed by atoms with Crippen LogP contribution in [0.25, 0.3) is 0 Å². The van der Waals surface area contributed by atoms with Crippen molar-refractivity contribution in [2.75, 3.05) is 40.8 Å². The van der Waals surface area contributed by atoms with E-state index in [0.29, 0.717) is 24.3 Å². The Bertz CT molecular complexity index is 886. The van der Waals surface area contributed by atoms with Crippen LogP contribution in [0.2, 0.25) is 0 Å². The molecule has 0 bridgehead atoms. The number of nitrogens with zero attached hydrogens (tertiary/aromatic N) is 2. The predicted octanol–water partition coefficient (Wildman–Crippen LogP) is 3.31. The third kappa shape index (κ3) is 4.57. The van der Waals surface area contributed by atoms with Gasteiger partial charge in [-0.3, -0.25) is 0 Å². The van der Waals surface area contributed by atoms with E-state index in [1.54, 1.807) is 31.4 Å². The molecule has 0 saturated carbocycles. The zero-order valence-corrected chi connectivity index (χ0v) is 17.6. The molecule has 1 aliphatic heterocycles. The van der Waals surface area contributed by atoms with Gasteiger partial charge in [-0.2, -0.15) is 0 Å². The molecule has 0 spiro atoms. The molecule has 7 nitrogen and oxygen atoms in total. The van der Waals surface area contributed by atoms with Crippen molar-refractivity contribution in [1.29, 1.82) is 0 Å². The van der Waals surface area contributed by atoms with Crippen LogP contribution in [0.3, 0.4) is 0 Å². The molecule has 30 heavy (non-hydrogen) atoms. The van der Waals surface area contributed by atoms with Gasteiger partial charge in [-0.05, 0) is 43.9 Å². The number of carbonyl (C=O) groups is 2. The SMILES string of the molecule is COc1cccc([C@]2(OC(=O)c3ccccc3)CCN(C(=O)O)C[C@H]2CN(C)C)c1. The lowest BCUT2D eigenvalue weighted by Crippen LogP contribution is -2.56. The average molecular weight is 412 g/mol. The van der Waals surface area contributed by atoms with Crippen LogP contribution in [0, 0.1) is 5.92 Å². The Balaban J connectivity index is 2.07. The summed E-state index contributed by atoms with van der Waals surface area (Å²) in [5.41, 5.74) is 0.296. The van der Waals surface area contributed by atoms with Gasteiger partial charge >= 0.3 is 12.1 Å². The summed E-state index contributed by atoms with van der Waals surface area (Å²) in [5, 5.41) is 9.56. The third-order valence-corrected chi connectivity index (χ3v) is 5.55. The molecule has 0 aliphatic carbocycles. The number of carboxylic acid groups (broad SMARTS) is 1. The Morgan fingerprint density at radius 2 is 1.90 bits per heavy atom. The van der Waals surface area contributed by atoms with E-state index >= 15 is 0 Å². The highest BCUT2D eigenvalue weighted by molar-refractivity contribution is 5.89. The van der Waals surface area contributed by atoms with Gasteiger partial charge in [0.1, 0.15) is 11.4 Å². The van der Waals surface area contributed by atoms with Crippen LogP contribution < -0.4 is 4.74 Å². The molecule has 160 valence electrons. The van der Waals surface area contributed by atoms with Crippen LogP contribution in [0.15, 0.2) is 54.6 Å². The van der Waals surface area contributed by atoms with E-state index in [1.807, 2.05) is 49.3 Å². The van der Waals surface area contributed by atoms with Gasteiger partial charge in [0, 0.05) is 32.0 Å². The Kier molecular flexibility index (Phi) is 6.62. The van der Waals surface area contributed by atoms with Gasteiger partial charge in [0.2, 0.25) is 0 Å². The number of piperidine rings is 1. The van der Waals surface area contributed by atoms with Crippen molar-refractivity contribution in [2.24, 2.45) is 5.92 Å². The smallest absolute Gasteiger partial charge is 0.407 e. The molecule has 0 aromatic heterocycles. The van der Waals surface area contributed by atoms with E-state index in [2.05, 4.69) is 0 Å². The second-order valence-electron chi connectivity index (χ2n) is 7.81. The van der Waals surface area contributed by atoms with Crippen molar-refractivity contribution in [3.05, 3.63) is 65.7 Å². The Morgan fingerprint density at radius 1 is 1.17 bits per heavy atom. The first kappa shape index (κ1) is 21.6. The van der Waals surface area contributed by atoms with Crippen molar-refractivity contribution < 1.29 is 24.2 Å². The second kappa shape index (κ2) is 9.17. The number of ether oxygens (including phenoxy) is 2. The Morgan fingerprint density at radius 3 is 2.53 bits per heavy atom. The van der Waals surface area contributed by atoms with Gasteiger partial charge in [0.25, 0.3) is 0 Å². The molecule has 2 aromatic rings. The fourth-order valence-electron chi connectivity index (χ4n) is 4.09. The molecule has 7 heteroatoms. The van der Waals surface area contributed by atoms with E-state index < -0.39 is 17.7 Å². The number of amides is 1. The summed E-state index contributed by atoms with van der Waals surface area (Å²) in [7, 11) is 5.44. The summed E-state index contributed by atoms with van der Waals surface area (Å²) in [6.45, 7) is 1.11. The zero-order chi connectivity index (χ0) is 21.7. The van der Waals surface area contributed by atoms with E-state index in [9.17, 15) is 14.7 Å². The molecule has 1 fully saturated rings. The lowest BCUT2D eigenvalue weighted by atomic mass is 9.75. The number of hydrogen-bond donors (Lipinski definition) is 1. The van der Waals surface area contributed by atoms with E-state index in [1.165, 1.54) is 4.90 Å². The molecule has 1 N–H and O–H groups in total. The van der Waals surface area contributed by atoms with Crippen LogP contribution >= 0.6 is 0 Å². The van der Waals surface area contributed by atoms with E-state index in [0.717, 1.165) is 5.56 Å². The van der Waals surface area contributed by atoms with E-state index in [4.69, 9.17) is 9.47 Å². The molecule has 0 unspecified atom stereocenters. The molecule has 2 atom stereocenters. The van der Waals surface area contributed by atoms with Gasteiger partial charge in [-0.25, -0.2) is 9.59 Å². The van der Waals surface area contributed by atoms with Gasteiger partial charge in [-0.15, -0.1) is 0 Å². The number of benzene rings is 2. The molecule has 1 aliphatic rings. The maximum absolute atomic E-state index is 13.1. The third-order valence-electron chi connectivity index (χ3n) is 5.55. The number of methoxy groups -OCH3 is 1. The average Bonchev–Trinajstić information content (AvgIpc) is 2.75. The molecule has 3 rings (SSSR count). The quantitative estimate of drug-likeness (QED) is 0.734. The van der Waals surface area contributed by atoms with Crippen molar-refractivity contribution in [1.82, 2.24) is 9.80 Å². The van der Waals surface area contributed by atoms with Crippen molar-refractivity contribution in [2.45, 2.75) is 12.0 Å². The van der Waals surface area contributed by atoms with Crippen molar-refractivity contribution >= 4 is 12.1 Å². The zero-order valence-electron chi connectivity index (χ0n) is 17.6. The maximum Gasteiger partial charge on any atom is 0.407 e. The lowest BCUT2D eigenvalue weighted by molar-refractivity contribution is -0.0945. The Labute approximate surface area is 176 Å². The van der Waals surface area contributed by atoms with Crippen LogP contribution in [0.1, 0.15) is 22.3 Å². The minimum atomic E-state index is -0.975. The molecule has 1 saturated heterocycles.